The molecule has 24 heavy (non-hydrogen) atoms. The summed E-state index contributed by atoms with van der Waals surface area (Å²) in [6.45, 7) is 1.60. The van der Waals surface area contributed by atoms with Crippen molar-refractivity contribution in [1.29, 1.82) is 0 Å². The number of alkyl halides is 3. The van der Waals surface area contributed by atoms with E-state index < -0.39 is 22.7 Å². The molecule has 1 N–H and O–H groups in total. The van der Waals surface area contributed by atoms with Crippen LogP contribution in [-0.2, 0) is 6.18 Å². The third kappa shape index (κ3) is 3.30. The van der Waals surface area contributed by atoms with Crippen LogP contribution >= 0.6 is 11.3 Å². The van der Waals surface area contributed by atoms with Gasteiger partial charge >= 0.3 is 6.18 Å². The van der Waals surface area contributed by atoms with Gasteiger partial charge in [0.1, 0.15) is 15.6 Å². The maximum Gasteiger partial charge on any atom is 0.435 e. The van der Waals surface area contributed by atoms with Gasteiger partial charge < -0.3 is 9.84 Å². The van der Waals surface area contributed by atoms with E-state index in [1.165, 1.54) is 6.07 Å². The quantitative estimate of drug-likeness (QED) is 0.759. The van der Waals surface area contributed by atoms with Gasteiger partial charge in [0, 0.05) is 11.6 Å². The molecule has 1 amide bonds. The van der Waals surface area contributed by atoms with Gasteiger partial charge in [-0.1, -0.05) is 35.5 Å². The van der Waals surface area contributed by atoms with E-state index in [-0.39, 0.29) is 10.8 Å². The van der Waals surface area contributed by atoms with Crippen LogP contribution in [0.3, 0.4) is 0 Å². The molecule has 2 aromatic heterocycles. The Hall–Kier alpha value is -2.68. The fourth-order valence-electron chi connectivity index (χ4n) is 1.97. The third-order valence-corrected chi connectivity index (χ3v) is 4.10. The highest BCUT2D eigenvalue weighted by molar-refractivity contribution is 7.17. The monoisotopic (exact) mass is 353 g/mol. The molecule has 0 aliphatic rings. The number of hydrogen-bond acceptors (Lipinski definition) is 5. The zero-order valence-electron chi connectivity index (χ0n) is 12.2. The Balaban J connectivity index is 1.99. The van der Waals surface area contributed by atoms with E-state index in [4.69, 9.17) is 4.52 Å². The molecule has 0 bridgehead atoms. The van der Waals surface area contributed by atoms with Crippen LogP contribution < -0.4 is 5.32 Å². The van der Waals surface area contributed by atoms with Crippen molar-refractivity contribution in [1.82, 2.24) is 10.1 Å². The summed E-state index contributed by atoms with van der Waals surface area (Å²) in [7, 11) is 0. The molecular formula is C15H10F3N3O2S. The maximum absolute atomic E-state index is 13.2. The van der Waals surface area contributed by atoms with E-state index in [0.29, 0.717) is 22.7 Å². The number of amides is 1. The number of rotatable bonds is 3. The van der Waals surface area contributed by atoms with Crippen LogP contribution in [0.4, 0.5) is 19.0 Å². The molecule has 124 valence electrons. The first-order valence-corrected chi connectivity index (χ1v) is 7.54. The van der Waals surface area contributed by atoms with E-state index >= 15 is 0 Å². The molecule has 9 heteroatoms. The second-order valence-electron chi connectivity index (χ2n) is 4.84. The summed E-state index contributed by atoms with van der Waals surface area (Å²) in [6, 6.07) is 9.76. The summed E-state index contributed by atoms with van der Waals surface area (Å²) in [6.07, 6.45) is -4.74. The molecule has 2 heterocycles. The number of thiazole rings is 1. The predicted octanol–water partition coefficient (Wildman–Crippen LogP) is 4.38. The van der Waals surface area contributed by atoms with Crippen molar-refractivity contribution in [3.63, 3.8) is 0 Å². The maximum atomic E-state index is 13.2. The van der Waals surface area contributed by atoms with Gasteiger partial charge in [0.05, 0.1) is 0 Å². The lowest BCUT2D eigenvalue weighted by Crippen LogP contribution is -2.17. The lowest BCUT2D eigenvalue weighted by molar-refractivity contribution is -0.140. The summed E-state index contributed by atoms with van der Waals surface area (Å²) in [5, 5.41) is 5.93. The zero-order chi connectivity index (χ0) is 17.3. The molecule has 0 saturated heterocycles. The normalized spacial score (nSPS) is 11.5. The Morgan fingerprint density at radius 1 is 1.25 bits per heavy atom. The van der Waals surface area contributed by atoms with Crippen LogP contribution in [0.5, 0.6) is 0 Å². The lowest BCUT2D eigenvalue weighted by atomic mass is 10.2. The first kappa shape index (κ1) is 16.2. The van der Waals surface area contributed by atoms with E-state index in [2.05, 4.69) is 15.5 Å². The van der Waals surface area contributed by atoms with Crippen LogP contribution in [0.15, 0.2) is 40.9 Å². The van der Waals surface area contributed by atoms with Crippen molar-refractivity contribution in [2.45, 2.75) is 13.1 Å². The first-order chi connectivity index (χ1) is 11.3. The van der Waals surface area contributed by atoms with Crippen LogP contribution in [0.2, 0.25) is 0 Å². The Kier molecular flexibility index (Phi) is 4.10. The molecule has 3 rings (SSSR count). The molecule has 0 radical (unpaired) electrons. The van der Waals surface area contributed by atoms with Gasteiger partial charge in [0.15, 0.2) is 11.5 Å². The van der Waals surface area contributed by atoms with Gasteiger partial charge in [0.25, 0.3) is 5.91 Å². The standard InChI is InChI=1S/C15H10F3N3O2S/c1-8-7-10(21-23-8)19-13(22)11-12(15(16,17)18)20-14(24-11)9-5-3-2-4-6-9/h2-7H,1H3,(H,19,21,22). The number of hydrogen-bond donors (Lipinski definition) is 1. The van der Waals surface area contributed by atoms with Crippen molar-refractivity contribution in [2.75, 3.05) is 5.32 Å². The predicted molar refractivity (Wildman–Crippen MR) is 81.7 cm³/mol. The number of aryl methyl sites for hydroxylation is 1. The van der Waals surface area contributed by atoms with Crippen LogP contribution in [0.25, 0.3) is 10.6 Å². The molecular weight excluding hydrogens is 343 g/mol. The summed E-state index contributed by atoms with van der Waals surface area (Å²) >= 11 is 0.672. The smallest absolute Gasteiger partial charge is 0.360 e. The number of benzene rings is 1. The molecule has 3 aromatic rings. The molecule has 0 aliphatic heterocycles. The van der Waals surface area contributed by atoms with Crippen LogP contribution in [0.1, 0.15) is 21.1 Å². The Labute approximate surface area is 138 Å². The number of nitrogens with one attached hydrogen (secondary N) is 1. The fraction of sp³-hybridized carbons (Fsp3) is 0.133. The minimum Gasteiger partial charge on any atom is -0.360 e. The number of nitrogens with zero attached hydrogens (tertiary/aromatic N) is 2. The second-order valence-corrected chi connectivity index (χ2v) is 5.84. The van der Waals surface area contributed by atoms with Crippen molar-refractivity contribution >= 4 is 23.1 Å². The number of carbonyl (C=O) groups is 1. The topological polar surface area (TPSA) is 68.0 Å². The number of carbonyl (C=O) groups excluding carboxylic acids is 1. The van der Waals surface area contributed by atoms with Crippen molar-refractivity contribution in [2.24, 2.45) is 0 Å². The Morgan fingerprint density at radius 3 is 2.54 bits per heavy atom. The van der Waals surface area contributed by atoms with E-state index in [1.807, 2.05) is 0 Å². The molecule has 0 unspecified atom stereocenters. The molecule has 0 atom stereocenters. The van der Waals surface area contributed by atoms with E-state index in [1.54, 1.807) is 37.3 Å². The molecule has 5 nitrogen and oxygen atoms in total. The van der Waals surface area contributed by atoms with E-state index in [0.717, 1.165) is 0 Å². The SMILES string of the molecule is Cc1cc(NC(=O)c2sc(-c3ccccc3)nc2C(F)(F)F)no1. The fourth-order valence-corrected chi connectivity index (χ4v) is 2.95. The third-order valence-electron chi connectivity index (χ3n) is 2.99. The Morgan fingerprint density at radius 2 is 1.96 bits per heavy atom. The molecule has 0 aliphatic carbocycles. The minimum absolute atomic E-state index is 0.0419. The average Bonchev–Trinajstić information content (AvgIpc) is 3.14. The summed E-state index contributed by atoms with van der Waals surface area (Å²) < 4.78 is 44.4. The van der Waals surface area contributed by atoms with Gasteiger partial charge in [-0.25, -0.2) is 4.98 Å². The summed E-state index contributed by atoms with van der Waals surface area (Å²) in [5.74, 6) is -0.466. The number of anilines is 1. The van der Waals surface area contributed by atoms with Crippen molar-refractivity contribution < 1.29 is 22.5 Å². The van der Waals surface area contributed by atoms with Gasteiger partial charge in [0.2, 0.25) is 0 Å². The van der Waals surface area contributed by atoms with Gasteiger partial charge in [-0.05, 0) is 6.92 Å². The van der Waals surface area contributed by atoms with Gasteiger partial charge in [-0.2, -0.15) is 13.2 Å². The van der Waals surface area contributed by atoms with Crippen LogP contribution in [0, 0.1) is 6.92 Å². The van der Waals surface area contributed by atoms with Crippen molar-refractivity contribution in [3.05, 3.63) is 52.7 Å². The molecule has 0 spiro atoms. The summed E-state index contributed by atoms with van der Waals surface area (Å²) in [4.78, 5) is 15.3. The lowest BCUT2D eigenvalue weighted by Gasteiger charge is -2.05. The number of aromatic nitrogens is 2. The minimum atomic E-state index is -4.74. The molecule has 0 saturated carbocycles. The summed E-state index contributed by atoms with van der Waals surface area (Å²) in [5.41, 5.74) is -0.714. The first-order valence-electron chi connectivity index (χ1n) is 6.72. The van der Waals surface area contributed by atoms with Gasteiger partial charge in [-0.15, -0.1) is 11.3 Å². The average molecular weight is 353 g/mol. The van der Waals surface area contributed by atoms with Crippen LogP contribution in [-0.4, -0.2) is 16.0 Å². The highest BCUT2D eigenvalue weighted by Gasteiger charge is 2.39. The van der Waals surface area contributed by atoms with E-state index in [9.17, 15) is 18.0 Å². The number of halogens is 3. The van der Waals surface area contributed by atoms with Gasteiger partial charge in [-0.3, -0.25) is 4.79 Å². The Bertz CT molecular complexity index is 872. The highest BCUT2D eigenvalue weighted by atomic mass is 32.1. The second kappa shape index (κ2) is 6.08. The zero-order valence-corrected chi connectivity index (χ0v) is 13.0. The highest BCUT2D eigenvalue weighted by Crippen LogP contribution is 2.37. The molecule has 1 aromatic carbocycles. The largest absolute Gasteiger partial charge is 0.435 e. The van der Waals surface area contributed by atoms with Crippen molar-refractivity contribution in [3.8, 4) is 10.6 Å². The molecule has 0 fully saturated rings.